The molecule has 2 aliphatic heterocycles. The van der Waals surface area contributed by atoms with Crippen LogP contribution in [0.5, 0.6) is 0 Å². The van der Waals surface area contributed by atoms with Crippen molar-refractivity contribution in [2.75, 3.05) is 26.2 Å². The van der Waals surface area contributed by atoms with Crippen molar-refractivity contribution in [1.29, 1.82) is 0 Å². The highest BCUT2D eigenvalue weighted by molar-refractivity contribution is 5.93. The molecule has 5 heteroatoms. The van der Waals surface area contributed by atoms with Gasteiger partial charge in [-0.3, -0.25) is 4.79 Å². The molecule has 2 aliphatic rings. The van der Waals surface area contributed by atoms with Gasteiger partial charge in [0, 0.05) is 32.0 Å². The first-order valence-electron chi connectivity index (χ1n) is 8.11. The smallest absolute Gasteiger partial charge is 0.274 e. The summed E-state index contributed by atoms with van der Waals surface area (Å²) in [7, 11) is 0. The lowest BCUT2D eigenvalue weighted by molar-refractivity contribution is 0.0602. The molecule has 0 aliphatic carbocycles. The zero-order valence-corrected chi connectivity index (χ0v) is 13.0. The number of pyridine rings is 1. The lowest BCUT2D eigenvalue weighted by Crippen LogP contribution is -2.44. The van der Waals surface area contributed by atoms with Gasteiger partial charge in [0.25, 0.3) is 5.91 Å². The summed E-state index contributed by atoms with van der Waals surface area (Å²) >= 11 is 0. The Morgan fingerprint density at radius 1 is 1.32 bits per heavy atom. The second-order valence-electron chi connectivity index (χ2n) is 6.81. The molecule has 0 saturated carbocycles. The van der Waals surface area contributed by atoms with Crippen molar-refractivity contribution in [1.82, 2.24) is 19.6 Å². The number of likely N-dealkylation sites (tertiary alicyclic amines) is 1. The van der Waals surface area contributed by atoms with Crippen LogP contribution in [-0.4, -0.2) is 46.4 Å². The summed E-state index contributed by atoms with van der Waals surface area (Å²) in [4.78, 5) is 19.2. The van der Waals surface area contributed by atoms with Crippen LogP contribution in [0.1, 0.15) is 35.3 Å². The van der Waals surface area contributed by atoms with E-state index in [0.29, 0.717) is 11.1 Å². The zero-order valence-electron chi connectivity index (χ0n) is 13.0. The number of aryl methyl sites for hydroxylation is 1. The number of piperidine rings is 1. The van der Waals surface area contributed by atoms with Crippen LogP contribution in [0.4, 0.5) is 0 Å². The van der Waals surface area contributed by atoms with Gasteiger partial charge in [0.05, 0.1) is 0 Å². The van der Waals surface area contributed by atoms with Crippen molar-refractivity contribution in [3.8, 4) is 0 Å². The first-order valence-corrected chi connectivity index (χ1v) is 8.11. The van der Waals surface area contributed by atoms with Gasteiger partial charge in [0.1, 0.15) is 11.3 Å². The molecule has 0 unspecified atom stereocenters. The summed E-state index contributed by atoms with van der Waals surface area (Å²) in [6, 6.07) is 4.03. The second kappa shape index (κ2) is 5.09. The maximum atomic E-state index is 12.7. The van der Waals surface area contributed by atoms with E-state index in [4.69, 9.17) is 0 Å². The highest BCUT2D eigenvalue weighted by Gasteiger charge is 2.38. The van der Waals surface area contributed by atoms with E-state index < -0.39 is 0 Å². The van der Waals surface area contributed by atoms with Gasteiger partial charge in [-0.25, -0.2) is 4.98 Å². The molecule has 2 fully saturated rings. The topological polar surface area (TPSA) is 49.6 Å². The highest BCUT2D eigenvalue weighted by Crippen LogP contribution is 2.37. The SMILES string of the molecule is Cc1ccn2cc(C(=O)N3CCC4(CCNC4)CC3)nc2c1. The van der Waals surface area contributed by atoms with Gasteiger partial charge >= 0.3 is 0 Å². The molecular weight excluding hydrogens is 276 g/mol. The number of amides is 1. The molecule has 0 bridgehead atoms. The molecule has 2 saturated heterocycles. The number of nitrogens with one attached hydrogen (secondary N) is 1. The number of imidazole rings is 1. The minimum absolute atomic E-state index is 0.0714. The Balaban J connectivity index is 1.51. The molecule has 116 valence electrons. The summed E-state index contributed by atoms with van der Waals surface area (Å²) in [5, 5.41) is 3.46. The number of fused-ring (bicyclic) bond motifs is 1. The minimum atomic E-state index is 0.0714. The normalized spacial score (nSPS) is 20.9. The van der Waals surface area contributed by atoms with Crippen LogP contribution in [0.2, 0.25) is 0 Å². The third-order valence-corrected chi connectivity index (χ3v) is 5.28. The standard InChI is InChI=1S/C17H22N4O/c1-13-2-7-21-11-14(19-15(21)10-13)16(22)20-8-4-17(5-9-20)3-6-18-12-17/h2,7,10-11,18H,3-6,8-9,12H2,1H3. The number of hydrogen-bond acceptors (Lipinski definition) is 3. The lowest BCUT2D eigenvalue weighted by Gasteiger charge is -2.38. The van der Waals surface area contributed by atoms with E-state index in [2.05, 4.69) is 10.3 Å². The largest absolute Gasteiger partial charge is 0.337 e. The van der Waals surface area contributed by atoms with E-state index >= 15 is 0 Å². The van der Waals surface area contributed by atoms with Crippen molar-refractivity contribution in [3.05, 3.63) is 35.8 Å². The Kier molecular flexibility index (Phi) is 3.18. The fraction of sp³-hybridized carbons (Fsp3) is 0.529. The van der Waals surface area contributed by atoms with E-state index in [1.165, 1.54) is 6.42 Å². The summed E-state index contributed by atoms with van der Waals surface area (Å²) < 4.78 is 1.92. The van der Waals surface area contributed by atoms with Crippen LogP contribution in [-0.2, 0) is 0 Å². The van der Waals surface area contributed by atoms with Crippen LogP contribution in [0.25, 0.3) is 5.65 Å². The van der Waals surface area contributed by atoms with Crippen molar-refractivity contribution in [3.63, 3.8) is 0 Å². The Morgan fingerprint density at radius 2 is 2.14 bits per heavy atom. The van der Waals surface area contributed by atoms with E-state index in [1.54, 1.807) is 0 Å². The maximum absolute atomic E-state index is 12.7. The van der Waals surface area contributed by atoms with Crippen molar-refractivity contribution in [2.24, 2.45) is 5.41 Å². The van der Waals surface area contributed by atoms with Gasteiger partial charge in [0.2, 0.25) is 0 Å². The van der Waals surface area contributed by atoms with Crippen LogP contribution < -0.4 is 5.32 Å². The zero-order chi connectivity index (χ0) is 15.2. The number of aromatic nitrogens is 2. The number of carbonyl (C=O) groups is 1. The molecule has 0 aromatic carbocycles. The van der Waals surface area contributed by atoms with Crippen LogP contribution in [0.3, 0.4) is 0 Å². The predicted octanol–water partition coefficient (Wildman–Crippen LogP) is 1.86. The molecule has 5 nitrogen and oxygen atoms in total. The summed E-state index contributed by atoms with van der Waals surface area (Å²) in [5.41, 5.74) is 3.00. The van der Waals surface area contributed by atoms with Gasteiger partial charge in [-0.1, -0.05) is 0 Å². The molecule has 2 aromatic rings. The first-order chi connectivity index (χ1) is 10.7. The predicted molar refractivity (Wildman–Crippen MR) is 85.0 cm³/mol. The number of hydrogen-bond donors (Lipinski definition) is 1. The molecule has 1 spiro atoms. The summed E-state index contributed by atoms with van der Waals surface area (Å²) in [5.74, 6) is 0.0714. The number of rotatable bonds is 1. The molecule has 4 rings (SSSR count). The van der Waals surface area contributed by atoms with E-state index in [1.807, 2.05) is 40.8 Å². The lowest BCUT2D eigenvalue weighted by atomic mass is 9.78. The van der Waals surface area contributed by atoms with Crippen molar-refractivity contribution >= 4 is 11.6 Å². The third-order valence-electron chi connectivity index (χ3n) is 5.28. The van der Waals surface area contributed by atoms with Crippen LogP contribution >= 0.6 is 0 Å². The van der Waals surface area contributed by atoms with E-state index in [0.717, 1.165) is 50.2 Å². The Hall–Kier alpha value is -1.88. The number of nitrogens with zero attached hydrogens (tertiary/aromatic N) is 3. The highest BCUT2D eigenvalue weighted by atomic mass is 16.2. The van der Waals surface area contributed by atoms with Gasteiger partial charge < -0.3 is 14.6 Å². The van der Waals surface area contributed by atoms with E-state index in [-0.39, 0.29) is 5.91 Å². The fourth-order valence-corrected chi connectivity index (χ4v) is 3.76. The molecule has 1 amide bonds. The van der Waals surface area contributed by atoms with Gasteiger partial charge in [-0.15, -0.1) is 0 Å². The molecular formula is C17H22N4O. The van der Waals surface area contributed by atoms with Gasteiger partial charge in [-0.05, 0) is 55.8 Å². The second-order valence-corrected chi connectivity index (χ2v) is 6.81. The molecule has 4 heterocycles. The molecule has 1 N–H and O–H groups in total. The average molecular weight is 298 g/mol. The molecule has 22 heavy (non-hydrogen) atoms. The summed E-state index contributed by atoms with van der Waals surface area (Å²) in [6.45, 7) is 5.99. The van der Waals surface area contributed by atoms with E-state index in [9.17, 15) is 4.79 Å². The maximum Gasteiger partial charge on any atom is 0.274 e. The molecule has 0 radical (unpaired) electrons. The quantitative estimate of drug-likeness (QED) is 0.874. The number of carbonyl (C=O) groups excluding carboxylic acids is 1. The van der Waals surface area contributed by atoms with Gasteiger partial charge in [0.15, 0.2) is 0 Å². The first kappa shape index (κ1) is 13.8. The third kappa shape index (κ3) is 2.29. The Morgan fingerprint density at radius 3 is 2.86 bits per heavy atom. The average Bonchev–Trinajstić information content (AvgIpc) is 3.14. The van der Waals surface area contributed by atoms with Gasteiger partial charge in [-0.2, -0.15) is 0 Å². The van der Waals surface area contributed by atoms with Crippen molar-refractivity contribution < 1.29 is 4.79 Å². The Labute approximate surface area is 130 Å². The van der Waals surface area contributed by atoms with Crippen LogP contribution in [0.15, 0.2) is 24.5 Å². The molecule has 2 aromatic heterocycles. The Bertz CT molecular complexity index is 705. The fourth-order valence-electron chi connectivity index (χ4n) is 3.76. The van der Waals surface area contributed by atoms with Crippen LogP contribution in [0, 0.1) is 12.3 Å². The summed E-state index contributed by atoms with van der Waals surface area (Å²) in [6.07, 6.45) is 7.28. The van der Waals surface area contributed by atoms with Crippen molar-refractivity contribution in [2.45, 2.75) is 26.2 Å². The molecule has 0 atom stereocenters. The minimum Gasteiger partial charge on any atom is -0.337 e. The monoisotopic (exact) mass is 298 g/mol.